The summed E-state index contributed by atoms with van der Waals surface area (Å²) >= 11 is 5.79. The minimum Gasteiger partial charge on any atom is -0.346 e. The third-order valence-corrected chi connectivity index (χ3v) is 6.04. The van der Waals surface area contributed by atoms with E-state index in [0.29, 0.717) is 24.0 Å². The van der Waals surface area contributed by atoms with Crippen LogP contribution in [0.25, 0.3) is 0 Å². The fourth-order valence-corrected chi connectivity index (χ4v) is 4.17. The third kappa shape index (κ3) is 3.62. The molecule has 0 atom stereocenters. The van der Waals surface area contributed by atoms with Crippen molar-refractivity contribution in [2.75, 3.05) is 6.54 Å². The van der Waals surface area contributed by atoms with Gasteiger partial charge in [0, 0.05) is 29.0 Å². The van der Waals surface area contributed by atoms with Crippen LogP contribution in [-0.4, -0.2) is 19.5 Å². The Bertz CT molecular complexity index is 806. The van der Waals surface area contributed by atoms with E-state index < -0.39 is 10.0 Å². The lowest BCUT2D eigenvalue weighted by Gasteiger charge is -2.09. The lowest BCUT2D eigenvalue weighted by Crippen LogP contribution is -2.26. The Balaban J connectivity index is 1.65. The maximum atomic E-state index is 12.2. The molecule has 124 valence electrons. The fourth-order valence-electron chi connectivity index (χ4n) is 3.01. The maximum absolute atomic E-state index is 12.2. The topological polar surface area (TPSA) is 51.1 Å². The van der Waals surface area contributed by atoms with Gasteiger partial charge in [-0.25, -0.2) is 13.1 Å². The summed E-state index contributed by atoms with van der Waals surface area (Å²) in [4.78, 5) is 0.241. The molecule has 1 aromatic heterocycles. The molecule has 6 heteroatoms. The number of aromatic nitrogens is 1. The van der Waals surface area contributed by atoms with E-state index in [1.54, 1.807) is 12.1 Å². The highest BCUT2D eigenvalue weighted by molar-refractivity contribution is 7.89. The zero-order chi connectivity index (χ0) is 16.6. The van der Waals surface area contributed by atoms with Crippen LogP contribution >= 0.6 is 11.6 Å². The van der Waals surface area contributed by atoms with Crippen LogP contribution < -0.4 is 4.72 Å². The Hall–Kier alpha value is -1.30. The van der Waals surface area contributed by atoms with Crippen molar-refractivity contribution in [1.29, 1.82) is 0 Å². The van der Waals surface area contributed by atoms with E-state index in [4.69, 9.17) is 11.6 Å². The summed E-state index contributed by atoms with van der Waals surface area (Å²) in [7, 11) is -3.48. The zero-order valence-corrected chi connectivity index (χ0v) is 14.9. The predicted molar refractivity (Wildman–Crippen MR) is 92.5 cm³/mol. The summed E-state index contributed by atoms with van der Waals surface area (Å²) in [5, 5.41) is 0.525. The van der Waals surface area contributed by atoms with Gasteiger partial charge in [0.15, 0.2) is 0 Å². The van der Waals surface area contributed by atoms with E-state index in [-0.39, 0.29) is 4.90 Å². The van der Waals surface area contributed by atoms with Crippen molar-refractivity contribution in [2.24, 2.45) is 0 Å². The summed E-state index contributed by atoms with van der Waals surface area (Å²) < 4.78 is 29.5. The number of nitrogens with one attached hydrogen (secondary N) is 1. The van der Waals surface area contributed by atoms with Crippen molar-refractivity contribution in [2.45, 2.75) is 44.0 Å². The molecule has 0 unspecified atom stereocenters. The molecule has 2 aromatic rings. The van der Waals surface area contributed by atoms with Crippen molar-refractivity contribution in [3.63, 3.8) is 0 Å². The standard InChI is InChI=1S/C17H21ClN2O2S/c1-12-11-14(13(2)20(12)16-5-6-16)9-10-19-23(21,22)17-7-3-15(18)4-8-17/h3-4,7-8,11,16,19H,5-6,9-10H2,1-2H3. The molecule has 1 aromatic carbocycles. The van der Waals surface area contributed by atoms with Gasteiger partial charge >= 0.3 is 0 Å². The van der Waals surface area contributed by atoms with Gasteiger partial charge in [-0.1, -0.05) is 11.6 Å². The van der Waals surface area contributed by atoms with Gasteiger partial charge < -0.3 is 4.57 Å². The lowest BCUT2D eigenvalue weighted by molar-refractivity contribution is 0.581. The second kappa shape index (κ2) is 6.30. The lowest BCUT2D eigenvalue weighted by atomic mass is 10.2. The van der Waals surface area contributed by atoms with Crippen molar-refractivity contribution in [3.8, 4) is 0 Å². The molecule has 0 amide bonds. The summed E-state index contributed by atoms with van der Waals surface area (Å²) in [6.45, 7) is 4.63. The molecular formula is C17H21ClN2O2S. The van der Waals surface area contributed by atoms with E-state index >= 15 is 0 Å². The maximum Gasteiger partial charge on any atom is 0.240 e. The minimum atomic E-state index is -3.48. The predicted octanol–water partition coefficient (Wildman–Crippen LogP) is 3.61. The van der Waals surface area contributed by atoms with Crippen molar-refractivity contribution >= 4 is 21.6 Å². The summed E-state index contributed by atoms with van der Waals surface area (Å²) in [6, 6.07) is 9.02. The Morgan fingerprint density at radius 3 is 2.48 bits per heavy atom. The smallest absolute Gasteiger partial charge is 0.240 e. The van der Waals surface area contributed by atoms with Gasteiger partial charge in [-0.2, -0.15) is 0 Å². The number of hydrogen-bond donors (Lipinski definition) is 1. The largest absolute Gasteiger partial charge is 0.346 e. The summed E-state index contributed by atoms with van der Waals surface area (Å²) in [5.41, 5.74) is 3.74. The van der Waals surface area contributed by atoms with Crippen LogP contribution in [0.4, 0.5) is 0 Å². The van der Waals surface area contributed by atoms with E-state index in [2.05, 4.69) is 29.2 Å². The number of halogens is 1. The van der Waals surface area contributed by atoms with Gasteiger partial charge in [0.25, 0.3) is 0 Å². The molecule has 0 bridgehead atoms. The van der Waals surface area contributed by atoms with E-state index in [1.807, 2.05) is 0 Å². The third-order valence-electron chi connectivity index (χ3n) is 4.31. The Kier molecular flexibility index (Phi) is 4.54. The van der Waals surface area contributed by atoms with E-state index in [0.717, 1.165) is 0 Å². The van der Waals surface area contributed by atoms with Gasteiger partial charge in [-0.15, -0.1) is 0 Å². The molecule has 1 aliphatic carbocycles. The van der Waals surface area contributed by atoms with Gasteiger partial charge in [0.1, 0.15) is 0 Å². The molecular weight excluding hydrogens is 332 g/mol. The molecule has 4 nitrogen and oxygen atoms in total. The monoisotopic (exact) mass is 352 g/mol. The second-order valence-electron chi connectivity index (χ2n) is 6.10. The summed E-state index contributed by atoms with van der Waals surface area (Å²) in [6.07, 6.45) is 3.19. The first-order valence-electron chi connectivity index (χ1n) is 7.81. The molecule has 1 saturated carbocycles. The average molecular weight is 353 g/mol. The molecule has 1 heterocycles. The van der Waals surface area contributed by atoms with Gasteiger partial charge in [0.05, 0.1) is 4.90 Å². The Labute approximate surface area is 142 Å². The molecule has 1 fully saturated rings. The van der Waals surface area contributed by atoms with Crippen molar-refractivity contribution in [3.05, 3.63) is 52.3 Å². The number of rotatable bonds is 6. The Morgan fingerprint density at radius 1 is 1.22 bits per heavy atom. The first kappa shape index (κ1) is 16.6. The number of sulfonamides is 1. The quantitative estimate of drug-likeness (QED) is 0.863. The van der Waals surface area contributed by atoms with Crippen LogP contribution in [-0.2, 0) is 16.4 Å². The molecule has 23 heavy (non-hydrogen) atoms. The number of nitrogens with zero attached hydrogens (tertiary/aromatic N) is 1. The minimum absolute atomic E-state index is 0.241. The van der Waals surface area contributed by atoms with E-state index in [9.17, 15) is 8.42 Å². The molecule has 0 radical (unpaired) electrons. The zero-order valence-electron chi connectivity index (χ0n) is 13.3. The molecule has 0 spiro atoms. The van der Waals surface area contributed by atoms with Crippen LogP contribution in [0.3, 0.4) is 0 Å². The van der Waals surface area contributed by atoms with Crippen molar-refractivity contribution < 1.29 is 8.42 Å². The molecule has 1 N–H and O–H groups in total. The molecule has 3 rings (SSSR count). The van der Waals surface area contributed by atoms with Crippen LogP contribution in [0.15, 0.2) is 35.2 Å². The van der Waals surface area contributed by atoms with Crippen LogP contribution in [0.1, 0.15) is 35.8 Å². The highest BCUT2D eigenvalue weighted by Gasteiger charge is 2.26. The average Bonchev–Trinajstić information content (AvgIpc) is 3.27. The number of aryl methyl sites for hydroxylation is 1. The Morgan fingerprint density at radius 2 is 1.87 bits per heavy atom. The first-order valence-corrected chi connectivity index (χ1v) is 9.67. The highest BCUT2D eigenvalue weighted by Crippen LogP contribution is 2.38. The van der Waals surface area contributed by atoms with Crippen LogP contribution in [0, 0.1) is 13.8 Å². The molecule has 0 aliphatic heterocycles. The normalized spacial score (nSPS) is 15.1. The van der Waals surface area contributed by atoms with Gasteiger partial charge in [-0.05, 0) is 69.0 Å². The van der Waals surface area contributed by atoms with Crippen molar-refractivity contribution in [1.82, 2.24) is 9.29 Å². The number of benzene rings is 1. The number of hydrogen-bond acceptors (Lipinski definition) is 2. The summed E-state index contributed by atoms with van der Waals surface area (Å²) in [5.74, 6) is 0. The van der Waals surface area contributed by atoms with Gasteiger partial charge in [0.2, 0.25) is 10.0 Å². The van der Waals surface area contributed by atoms with E-state index in [1.165, 1.54) is 41.9 Å². The fraction of sp³-hybridized carbons (Fsp3) is 0.412. The molecule has 1 aliphatic rings. The SMILES string of the molecule is Cc1cc(CCNS(=O)(=O)c2ccc(Cl)cc2)c(C)n1C1CC1. The highest BCUT2D eigenvalue weighted by atomic mass is 35.5. The molecule has 0 saturated heterocycles. The van der Waals surface area contributed by atoms with Crippen LogP contribution in [0.5, 0.6) is 0 Å². The van der Waals surface area contributed by atoms with Gasteiger partial charge in [-0.3, -0.25) is 0 Å². The first-order chi connectivity index (χ1) is 10.9. The van der Waals surface area contributed by atoms with Crippen LogP contribution in [0.2, 0.25) is 5.02 Å². The second-order valence-corrected chi connectivity index (χ2v) is 8.30.